The second-order valence-electron chi connectivity index (χ2n) is 6.60. The Balaban J connectivity index is 2.30. The minimum atomic E-state index is -0.508. The molecule has 2 rings (SSSR count). The van der Waals surface area contributed by atoms with Gasteiger partial charge in [0.25, 0.3) is 0 Å². The summed E-state index contributed by atoms with van der Waals surface area (Å²) in [6, 6.07) is 0. The van der Waals surface area contributed by atoms with Crippen molar-refractivity contribution in [3.8, 4) is 0 Å². The molecule has 2 saturated heterocycles. The predicted molar refractivity (Wildman–Crippen MR) is 64.5 cm³/mol. The number of ether oxygens (including phenoxy) is 2. The summed E-state index contributed by atoms with van der Waals surface area (Å²) in [6.07, 6.45) is 2.55. The number of hydrogen-bond acceptors (Lipinski definition) is 3. The summed E-state index contributed by atoms with van der Waals surface area (Å²) in [5.74, 6) is -0.508. The van der Waals surface area contributed by atoms with Crippen LogP contribution < -0.4 is 0 Å². The van der Waals surface area contributed by atoms with Crippen LogP contribution in [0.2, 0.25) is 0 Å². The zero-order chi connectivity index (χ0) is 12.9. The van der Waals surface area contributed by atoms with Crippen molar-refractivity contribution >= 4 is 6.41 Å². The van der Waals surface area contributed by atoms with Gasteiger partial charge in [0.1, 0.15) is 0 Å². The first-order chi connectivity index (χ1) is 7.71. The normalized spacial score (nSPS) is 33.9. The van der Waals surface area contributed by atoms with E-state index in [2.05, 4.69) is 27.7 Å². The van der Waals surface area contributed by atoms with E-state index in [-0.39, 0.29) is 17.2 Å². The number of likely N-dealkylation sites (tertiary alicyclic amines) is 1. The molecule has 1 unspecified atom stereocenters. The number of carbonyl (C=O) groups is 1. The van der Waals surface area contributed by atoms with Crippen LogP contribution in [0.25, 0.3) is 0 Å². The summed E-state index contributed by atoms with van der Waals surface area (Å²) >= 11 is 0. The van der Waals surface area contributed by atoms with Crippen LogP contribution in [0.5, 0.6) is 0 Å². The number of hydrogen-bond donors (Lipinski definition) is 0. The van der Waals surface area contributed by atoms with Gasteiger partial charge in [0.15, 0.2) is 5.79 Å². The third-order valence-corrected chi connectivity index (χ3v) is 3.81. The van der Waals surface area contributed by atoms with E-state index in [1.54, 1.807) is 0 Å². The third kappa shape index (κ3) is 2.08. The first kappa shape index (κ1) is 12.8. The van der Waals surface area contributed by atoms with Crippen LogP contribution in [0.3, 0.4) is 0 Å². The van der Waals surface area contributed by atoms with Gasteiger partial charge in [-0.15, -0.1) is 0 Å². The molecule has 0 aromatic heterocycles. The highest BCUT2D eigenvalue weighted by atomic mass is 16.7. The molecule has 0 aliphatic carbocycles. The largest absolute Gasteiger partial charge is 0.347 e. The smallest absolute Gasteiger partial charge is 0.210 e. The van der Waals surface area contributed by atoms with Crippen molar-refractivity contribution in [2.24, 2.45) is 0 Å². The molecule has 2 aliphatic heterocycles. The average Bonchev–Trinajstić information content (AvgIpc) is 2.42. The van der Waals surface area contributed by atoms with Gasteiger partial charge in [-0.1, -0.05) is 0 Å². The topological polar surface area (TPSA) is 38.8 Å². The van der Waals surface area contributed by atoms with Gasteiger partial charge in [-0.05, 0) is 34.6 Å². The Morgan fingerprint density at radius 3 is 2.06 bits per heavy atom. The van der Waals surface area contributed by atoms with Gasteiger partial charge in [-0.3, -0.25) is 4.79 Å². The van der Waals surface area contributed by atoms with E-state index in [0.717, 1.165) is 19.3 Å². The summed E-state index contributed by atoms with van der Waals surface area (Å²) in [5.41, 5.74) is -0.485. The minimum absolute atomic E-state index is 0.143. The zero-order valence-corrected chi connectivity index (χ0v) is 11.4. The Morgan fingerprint density at radius 2 is 1.71 bits per heavy atom. The Morgan fingerprint density at radius 1 is 1.18 bits per heavy atom. The molecule has 1 atom stereocenters. The predicted octanol–water partition coefficient (Wildman–Crippen LogP) is 1.93. The minimum Gasteiger partial charge on any atom is -0.347 e. The van der Waals surface area contributed by atoms with Gasteiger partial charge in [-0.25, -0.2) is 0 Å². The van der Waals surface area contributed by atoms with Crippen LogP contribution in [-0.4, -0.2) is 40.9 Å². The van der Waals surface area contributed by atoms with Gasteiger partial charge in [0, 0.05) is 23.9 Å². The van der Waals surface area contributed by atoms with E-state index in [9.17, 15) is 4.79 Å². The lowest BCUT2D eigenvalue weighted by atomic mass is 9.76. The van der Waals surface area contributed by atoms with Crippen LogP contribution >= 0.6 is 0 Å². The van der Waals surface area contributed by atoms with Crippen LogP contribution in [0.4, 0.5) is 0 Å². The lowest BCUT2D eigenvalue weighted by Crippen LogP contribution is -2.65. The molecular formula is C13H23NO3. The molecule has 4 heteroatoms. The molecule has 0 radical (unpaired) electrons. The maximum atomic E-state index is 11.3. The molecule has 98 valence electrons. The zero-order valence-electron chi connectivity index (χ0n) is 11.4. The van der Waals surface area contributed by atoms with E-state index >= 15 is 0 Å². The van der Waals surface area contributed by atoms with Crippen LogP contribution in [0, 0.1) is 0 Å². The summed E-state index contributed by atoms with van der Waals surface area (Å²) in [4.78, 5) is 13.2. The highest BCUT2D eigenvalue weighted by Crippen LogP contribution is 2.47. The van der Waals surface area contributed by atoms with Gasteiger partial charge >= 0.3 is 0 Å². The Kier molecular flexibility index (Phi) is 2.79. The molecule has 0 bridgehead atoms. The fraction of sp³-hybridized carbons (Fsp3) is 0.923. The summed E-state index contributed by atoms with van der Waals surface area (Å²) in [5, 5.41) is 0. The summed E-state index contributed by atoms with van der Waals surface area (Å²) < 4.78 is 11.9. The van der Waals surface area contributed by atoms with Gasteiger partial charge in [0.05, 0.1) is 12.7 Å². The monoisotopic (exact) mass is 241 g/mol. The molecule has 0 saturated carbocycles. The lowest BCUT2D eigenvalue weighted by Gasteiger charge is -2.56. The van der Waals surface area contributed by atoms with Crippen LogP contribution in [0.1, 0.15) is 47.5 Å². The van der Waals surface area contributed by atoms with E-state index in [4.69, 9.17) is 9.47 Å². The molecule has 2 heterocycles. The van der Waals surface area contributed by atoms with Crippen molar-refractivity contribution in [1.82, 2.24) is 4.90 Å². The molecule has 2 aliphatic rings. The first-order valence-corrected chi connectivity index (χ1v) is 6.27. The molecule has 17 heavy (non-hydrogen) atoms. The van der Waals surface area contributed by atoms with Gasteiger partial charge in [0.2, 0.25) is 6.41 Å². The maximum absolute atomic E-state index is 11.3. The van der Waals surface area contributed by atoms with E-state index in [0.29, 0.717) is 6.61 Å². The molecule has 4 nitrogen and oxygen atoms in total. The summed E-state index contributed by atoms with van der Waals surface area (Å²) in [6.45, 7) is 11.0. The second-order valence-corrected chi connectivity index (χ2v) is 6.60. The Bertz CT molecular complexity index is 307. The van der Waals surface area contributed by atoms with Crippen molar-refractivity contribution in [2.45, 2.75) is 70.4 Å². The number of carbonyl (C=O) groups excluding carboxylic acids is 1. The molecule has 0 N–H and O–H groups in total. The van der Waals surface area contributed by atoms with Crippen molar-refractivity contribution in [3.05, 3.63) is 0 Å². The van der Waals surface area contributed by atoms with Crippen molar-refractivity contribution < 1.29 is 14.3 Å². The summed E-state index contributed by atoms with van der Waals surface area (Å²) in [7, 11) is 0. The molecular weight excluding hydrogens is 218 g/mol. The van der Waals surface area contributed by atoms with E-state index < -0.39 is 5.79 Å². The van der Waals surface area contributed by atoms with E-state index in [1.165, 1.54) is 0 Å². The van der Waals surface area contributed by atoms with Gasteiger partial charge in [-0.2, -0.15) is 0 Å². The number of amides is 1. The van der Waals surface area contributed by atoms with Crippen LogP contribution in [0.15, 0.2) is 0 Å². The third-order valence-electron chi connectivity index (χ3n) is 3.81. The fourth-order valence-corrected chi connectivity index (χ4v) is 3.55. The Labute approximate surface area is 103 Å². The molecule has 0 aromatic carbocycles. The average molecular weight is 241 g/mol. The number of nitrogens with zero attached hydrogens (tertiary/aromatic N) is 1. The lowest BCUT2D eigenvalue weighted by molar-refractivity contribution is -0.239. The fourth-order valence-electron chi connectivity index (χ4n) is 3.55. The molecule has 2 fully saturated rings. The Hall–Kier alpha value is -0.610. The van der Waals surface area contributed by atoms with Crippen molar-refractivity contribution in [1.29, 1.82) is 0 Å². The standard InChI is InChI=1S/C13H23NO3/c1-10-6-16-13(17-10)7-11(2,3)14(9-15)12(4,5)8-13/h9-10H,6-8H2,1-5H3. The molecule has 0 aromatic rings. The highest BCUT2D eigenvalue weighted by molar-refractivity contribution is 5.51. The first-order valence-electron chi connectivity index (χ1n) is 6.27. The van der Waals surface area contributed by atoms with Crippen molar-refractivity contribution in [3.63, 3.8) is 0 Å². The number of piperidine rings is 1. The quantitative estimate of drug-likeness (QED) is 0.658. The second kappa shape index (κ2) is 3.69. The molecule has 1 amide bonds. The molecule has 1 spiro atoms. The number of rotatable bonds is 1. The van der Waals surface area contributed by atoms with Crippen LogP contribution in [-0.2, 0) is 14.3 Å². The highest BCUT2D eigenvalue weighted by Gasteiger charge is 2.55. The van der Waals surface area contributed by atoms with Crippen molar-refractivity contribution in [2.75, 3.05) is 6.61 Å². The van der Waals surface area contributed by atoms with E-state index in [1.807, 2.05) is 11.8 Å². The van der Waals surface area contributed by atoms with Gasteiger partial charge < -0.3 is 14.4 Å². The SMILES string of the molecule is CC1COC2(CC(C)(C)N(C=O)C(C)(C)C2)O1. The maximum Gasteiger partial charge on any atom is 0.210 e.